The first-order chi connectivity index (χ1) is 19.1. The van der Waals surface area contributed by atoms with Crippen LogP contribution in [0.3, 0.4) is 0 Å². The number of benzene rings is 1. The highest BCUT2D eigenvalue weighted by Gasteiger charge is 2.57. The number of urea groups is 1. The molecule has 2 saturated heterocycles. The first-order valence-corrected chi connectivity index (χ1v) is 14.0. The third-order valence-electron chi connectivity index (χ3n) is 6.04. The third-order valence-corrected chi connectivity index (χ3v) is 7.68. The van der Waals surface area contributed by atoms with E-state index in [0.717, 1.165) is 4.90 Å². The molecule has 3 amide bonds. The monoisotopic (exact) mass is 668 g/mol. The molecule has 17 nitrogen and oxygen atoms in total. The van der Waals surface area contributed by atoms with Crippen molar-refractivity contribution in [1.29, 1.82) is 0 Å². The van der Waals surface area contributed by atoms with Crippen LogP contribution in [-0.4, -0.2) is 81.2 Å². The van der Waals surface area contributed by atoms with Gasteiger partial charge in [-0.25, -0.2) is 18.5 Å². The molecule has 20 heteroatoms. The molecule has 1 aromatic carbocycles. The molecule has 3 unspecified atom stereocenters. The van der Waals surface area contributed by atoms with Gasteiger partial charge in [0.1, 0.15) is 28.5 Å². The van der Waals surface area contributed by atoms with Gasteiger partial charge in [0.25, 0.3) is 0 Å². The van der Waals surface area contributed by atoms with Gasteiger partial charge in [0.15, 0.2) is 12.0 Å². The van der Waals surface area contributed by atoms with Crippen LogP contribution in [0.15, 0.2) is 29.4 Å². The van der Waals surface area contributed by atoms with Crippen LogP contribution in [0.25, 0.3) is 10.4 Å². The highest BCUT2D eigenvalue weighted by Crippen LogP contribution is 2.46. The number of carbonyl (C=O) groups is 3. The number of rotatable bonds is 12. The Hall–Kier alpha value is -2.70. The number of hydrogen-bond donors (Lipinski definition) is 4. The van der Waals surface area contributed by atoms with E-state index in [2.05, 4.69) is 41.3 Å². The van der Waals surface area contributed by atoms with Crippen molar-refractivity contribution < 1.29 is 56.7 Å². The number of alkyl halides is 1. The quantitative estimate of drug-likeness (QED) is 0.0622. The number of aliphatic hydroxyl groups is 1. The number of nitrogens with one attached hydrogen (secondary N) is 2. The lowest BCUT2D eigenvalue weighted by Crippen LogP contribution is -2.69. The van der Waals surface area contributed by atoms with Gasteiger partial charge in [-0.3, -0.25) is 29.3 Å². The predicted molar refractivity (Wildman–Crippen MR) is 137 cm³/mol. The van der Waals surface area contributed by atoms with E-state index in [1.807, 2.05) is 0 Å². The zero-order valence-corrected chi connectivity index (χ0v) is 24.3. The second kappa shape index (κ2) is 13.1. The van der Waals surface area contributed by atoms with E-state index in [9.17, 15) is 33.3 Å². The normalized spacial score (nSPS) is 30.2. The van der Waals surface area contributed by atoms with Crippen molar-refractivity contribution in [3.05, 3.63) is 46.1 Å². The number of amides is 3. The Bertz CT molecular complexity index is 1250. The fraction of sp³-hybridized carbons (Fsp3) is 0.571. The lowest BCUT2D eigenvalue weighted by atomic mass is 10.0. The fourth-order valence-corrected chi connectivity index (χ4v) is 5.16. The van der Waals surface area contributed by atoms with Gasteiger partial charge in [-0.2, -0.15) is 5.48 Å². The Labute approximate surface area is 240 Å². The summed E-state index contributed by atoms with van der Waals surface area (Å²) in [5.41, 5.74) is 9.44. The summed E-state index contributed by atoms with van der Waals surface area (Å²) < 4.78 is 44.3. The van der Waals surface area contributed by atoms with Crippen molar-refractivity contribution >= 4 is 41.7 Å². The Kier molecular flexibility index (Phi) is 10.5. The first-order valence-electron chi connectivity index (χ1n) is 11.8. The molecule has 2 heterocycles. The second-order valence-electron chi connectivity index (χ2n) is 9.11. The van der Waals surface area contributed by atoms with Crippen molar-refractivity contribution in [3.8, 4) is 0 Å². The number of hydrogen-bond acceptors (Lipinski definition) is 12. The molecule has 0 aliphatic carbocycles. The van der Waals surface area contributed by atoms with Gasteiger partial charge in [0, 0.05) is 18.4 Å². The van der Waals surface area contributed by atoms with Crippen molar-refractivity contribution in [2.75, 3.05) is 13.7 Å². The van der Waals surface area contributed by atoms with Crippen molar-refractivity contribution in [3.63, 3.8) is 0 Å². The summed E-state index contributed by atoms with van der Waals surface area (Å²) >= 11 is 3.19. The van der Waals surface area contributed by atoms with E-state index < -0.39 is 79.2 Å². The number of nitrogens with zero attached hydrogens (tertiary/aromatic N) is 4. The molecule has 41 heavy (non-hydrogen) atoms. The average molecular weight is 669 g/mol. The molecule has 2 fully saturated rings. The van der Waals surface area contributed by atoms with Gasteiger partial charge in [0.05, 0.1) is 13.2 Å². The summed E-state index contributed by atoms with van der Waals surface area (Å²) in [4.78, 5) is 55.8. The summed E-state index contributed by atoms with van der Waals surface area (Å²) in [6.07, 6.45) is -4.79. The smallest absolute Gasteiger partial charge is 0.381 e. The SMILES string of the molecule is COC1N([C@H]2C[C@@](O)(N=[N+]=[N-])[C@@H](COP(=O)(O)OC(=O)[C@H](C)NOCc3ccc(F)cc3)O2)C(=O)NC(=O)C1(C)Br. The number of azide groups is 1. The molecule has 3 rings (SSSR count). The van der Waals surface area contributed by atoms with E-state index >= 15 is 0 Å². The van der Waals surface area contributed by atoms with E-state index in [-0.39, 0.29) is 6.61 Å². The number of phosphoric acid groups is 1. The molecule has 226 valence electrons. The number of imide groups is 1. The van der Waals surface area contributed by atoms with Crippen LogP contribution < -0.4 is 10.8 Å². The molecule has 0 saturated carbocycles. The van der Waals surface area contributed by atoms with E-state index in [1.165, 1.54) is 45.2 Å². The van der Waals surface area contributed by atoms with Crippen molar-refractivity contribution in [1.82, 2.24) is 15.7 Å². The van der Waals surface area contributed by atoms with Crippen molar-refractivity contribution in [2.45, 2.75) is 61.5 Å². The van der Waals surface area contributed by atoms with Gasteiger partial charge >= 0.3 is 19.8 Å². The molecule has 4 N–H and O–H groups in total. The maximum atomic E-state index is 13.0. The lowest BCUT2D eigenvalue weighted by Gasteiger charge is -2.44. The Morgan fingerprint density at radius 1 is 1.44 bits per heavy atom. The summed E-state index contributed by atoms with van der Waals surface area (Å²) in [7, 11) is -3.90. The topological polar surface area (TPSA) is 231 Å². The van der Waals surface area contributed by atoms with Crippen LogP contribution in [0.1, 0.15) is 25.8 Å². The second-order valence-corrected chi connectivity index (χ2v) is 12.1. The van der Waals surface area contributed by atoms with Crippen LogP contribution in [0.5, 0.6) is 0 Å². The molecule has 1 aromatic rings. The van der Waals surface area contributed by atoms with Crippen LogP contribution in [0, 0.1) is 5.82 Å². The third kappa shape index (κ3) is 7.78. The minimum Gasteiger partial charge on any atom is -0.381 e. The average Bonchev–Trinajstić information content (AvgIpc) is 3.21. The molecule has 7 atom stereocenters. The number of phosphoric ester groups is 1. The van der Waals surface area contributed by atoms with Crippen LogP contribution in [0.4, 0.5) is 9.18 Å². The van der Waals surface area contributed by atoms with E-state index in [4.69, 9.17) is 24.4 Å². The molecule has 0 spiro atoms. The number of methoxy groups -OCH3 is 1. The van der Waals surface area contributed by atoms with Gasteiger partial charge < -0.3 is 19.1 Å². The van der Waals surface area contributed by atoms with Gasteiger partial charge in [-0.15, -0.1) is 0 Å². The molecule has 0 bridgehead atoms. The Morgan fingerprint density at radius 3 is 2.71 bits per heavy atom. The lowest BCUT2D eigenvalue weighted by molar-refractivity contribution is -0.156. The molecular formula is C21H27BrFN6O11P. The Morgan fingerprint density at radius 2 is 2.10 bits per heavy atom. The molecule has 2 aliphatic heterocycles. The summed E-state index contributed by atoms with van der Waals surface area (Å²) in [5, 5.41) is 16.3. The number of hydroxylamine groups is 1. The van der Waals surface area contributed by atoms with Gasteiger partial charge in [-0.05, 0) is 37.1 Å². The molecule has 0 aromatic heterocycles. The van der Waals surface area contributed by atoms with E-state index in [1.54, 1.807) is 0 Å². The summed E-state index contributed by atoms with van der Waals surface area (Å²) in [6.45, 7) is 1.68. The summed E-state index contributed by atoms with van der Waals surface area (Å²) in [5.74, 6) is -2.40. The van der Waals surface area contributed by atoms with Crippen LogP contribution >= 0.6 is 23.8 Å². The Balaban J connectivity index is 1.61. The minimum absolute atomic E-state index is 0.0648. The predicted octanol–water partition coefficient (Wildman–Crippen LogP) is 1.69. The largest absolute Gasteiger partial charge is 0.529 e. The summed E-state index contributed by atoms with van der Waals surface area (Å²) in [6, 6.07) is 3.13. The molecule has 2 aliphatic rings. The van der Waals surface area contributed by atoms with Gasteiger partial charge in [0.2, 0.25) is 5.91 Å². The molecular weight excluding hydrogens is 642 g/mol. The maximum Gasteiger partial charge on any atom is 0.529 e. The van der Waals surface area contributed by atoms with Gasteiger partial charge in [-0.1, -0.05) is 33.2 Å². The number of carbonyl (C=O) groups excluding carboxylic acids is 3. The maximum absolute atomic E-state index is 13.0. The van der Waals surface area contributed by atoms with E-state index in [0.29, 0.717) is 5.56 Å². The van der Waals surface area contributed by atoms with Crippen molar-refractivity contribution in [2.24, 2.45) is 5.11 Å². The zero-order chi connectivity index (χ0) is 30.6. The highest BCUT2D eigenvalue weighted by molar-refractivity contribution is 9.10. The van der Waals surface area contributed by atoms with Crippen LogP contribution in [0.2, 0.25) is 0 Å². The molecule has 0 radical (unpaired) electrons. The first kappa shape index (κ1) is 32.8. The number of ether oxygens (including phenoxy) is 2. The number of halogens is 2. The fourth-order valence-electron chi connectivity index (χ4n) is 3.89. The van der Waals surface area contributed by atoms with Crippen LogP contribution in [-0.2, 0) is 44.1 Å². The standard InChI is InChI=1S/C21H27BrFN6O11P/c1-11(26-37-9-12-4-6-13(23)7-5-12)16(30)40-41(34,35)38-10-14-21(33,27-28-24)8-15(39-14)29-18(36-3)20(2,22)17(31)25-19(29)32/h4-7,11,14-15,18,26,33H,8-10H2,1-3H3,(H,34,35)(H,25,31,32)/t11-,14+,15+,18?,20?,21-/m0/s1. The highest BCUT2D eigenvalue weighted by atomic mass is 79.9. The minimum atomic E-state index is -5.12. The zero-order valence-electron chi connectivity index (χ0n) is 21.8.